The fraction of sp³-hybridized carbons (Fsp3) is 0.320. The molecule has 200 valence electrons. The third-order valence-electron chi connectivity index (χ3n) is 6.31. The first kappa shape index (κ1) is 27.2. The van der Waals surface area contributed by atoms with E-state index in [1.165, 1.54) is 12.3 Å². The second-order valence-electron chi connectivity index (χ2n) is 8.75. The summed E-state index contributed by atoms with van der Waals surface area (Å²) >= 11 is 12.7. The van der Waals surface area contributed by atoms with Gasteiger partial charge in [-0.25, -0.2) is 14.6 Å². The number of hydrogen-bond donors (Lipinski definition) is 1. The molecule has 1 aliphatic heterocycles. The molecule has 1 aromatic carbocycles. The minimum absolute atomic E-state index is 0.0150. The van der Waals surface area contributed by atoms with Crippen LogP contribution < -0.4 is 15.4 Å². The molecule has 2 aromatic heterocycles. The molecule has 0 radical (unpaired) electrons. The molecule has 2 N–H and O–H groups in total. The third kappa shape index (κ3) is 5.68. The average molecular weight is 561 g/mol. The summed E-state index contributed by atoms with van der Waals surface area (Å²) in [6.45, 7) is 5.63. The van der Waals surface area contributed by atoms with E-state index in [0.29, 0.717) is 52.4 Å². The molecule has 38 heavy (non-hydrogen) atoms. The Kier molecular flexibility index (Phi) is 8.08. The average Bonchev–Trinajstić information content (AvgIpc) is 3.17. The number of carbonyl (C=O) groups excluding carboxylic acids is 3. The molecule has 0 aliphatic carbocycles. The molecule has 3 aromatic rings. The van der Waals surface area contributed by atoms with E-state index in [0.717, 1.165) is 5.69 Å². The molecule has 1 aliphatic rings. The number of aromatic nitrogens is 3. The van der Waals surface area contributed by atoms with Crippen LogP contribution in [0.1, 0.15) is 23.1 Å². The number of esters is 1. The van der Waals surface area contributed by atoms with Gasteiger partial charge in [-0.05, 0) is 38.1 Å². The van der Waals surface area contributed by atoms with Crippen LogP contribution in [0.2, 0.25) is 10.0 Å². The number of benzene rings is 1. The summed E-state index contributed by atoms with van der Waals surface area (Å²) in [5, 5.41) is 5.43. The first-order valence-electron chi connectivity index (χ1n) is 11.7. The maximum Gasteiger partial charge on any atom is 0.412 e. The van der Waals surface area contributed by atoms with Gasteiger partial charge in [-0.1, -0.05) is 23.2 Å². The lowest BCUT2D eigenvalue weighted by Crippen LogP contribution is -2.54. The monoisotopic (exact) mass is 560 g/mol. The molecule has 1 unspecified atom stereocenters. The standard InChI is InChI=1S/C25H26Cl2N6O5/c1-14-12-31(17-5-6-18(26)20(10-17)37-3)8-9-32(14)21(34)13-33-15(2)22(27)23(30-33)16-4-7-19(29-11-16)24(35)38-25(28)36/h4-7,10-11,14H,8-9,12-13H2,1-3H3,(H2,28,36). The molecule has 0 bridgehead atoms. The van der Waals surface area contributed by atoms with Gasteiger partial charge < -0.3 is 25.0 Å². The van der Waals surface area contributed by atoms with E-state index < -0.39 is 12.1 Å². The van der Waals surface area contributed by atoms with Gasteiger partial charge in [0.15, 0.2) is 0 Å². The predicted octanol–water partition coefficient (Wildman–Crippen LogP) is 3.54. The number of nitrogens with zero attached hydrogens (tertiary/aromatic N) is 5. The summed E-state index contributed by atoms with van der Waals surface area (Å²) in [7, 11) is 1.58. The van der Waals surface area contributed by atoms with E-state index in [4.69, 9.17) is 33.7 Å². The molecular weight excluding hydrogens is 535 g/mol. The summed E-state index contributed by atoms with van der Waals surface area (Å²) < 4.78 is 11.2. The second kappa shape index (κ2) is 11.3. The highest BCUT2D eigenvalue weighted by atomic mass is 35.5. The zero-order valence-corrected chi connectivity index (χ0v) is 22.5. The lowest BCUT2D eigenvalue weighted by Gasteiger charge is -2.41. The Labute approximate surface area is 229 Å². The lowest BCUT2D eigenvalue weighted by molar-refractivity contribution is -0.134. The summed E-state index contributed by atoms with van der Waals surface area (Å²) in [6, 6.07) is 8.53. The first-order chi connectivity index (χ1) is 18.1. The van der Waals surface area contributed by atoms with E-state index in [9.17, 15) is 14.4 Å². The molecule has 1 fully saturated rings. The highest BCUT2D eigenvalue weighted by Crippen LogP contribution is 2.31. The normalized spacial score (nSPS) is 15.3. The van der Waals surface area contributed by atoms with E-state index in [1.807, 2.05) is 24.0 Å². The predicted molar refractivity (Wildman–Crippen MR) is 142 cm³/mol. The van der Waals surface area contributed by atoms with Crippen LogP contribution in [0.5, 0.6) is 5.75 Å². The fourth-order valence-corrected chi connectivity index (χ4v) is 4.73. The summed E-state index contributed by atoms with van der Waals surface area (Å²) in [5.74, 6) is -0.443. The van der Waals surface area contributed by atoms with Gasteiger partial charge in [0.2, 0.25) is 5.91 Å². The number of nitrogens with two attached hydrogens (primary N) is 1. The number of pyridine rings is 1. The van der Waals surface area contributed by atoms with Gasteiger partial charge >= 0.3 is 12.1 Å². The van der Waals surface area contributed by atoms with Crippen molar-refractivity contribution in [1.82, 2.24) is 19.7 Å². The minimum atomic E-state index is -1.22. The number of methoxy groups -OCH3 is 1. The molecule has 2 amide bonds. The van der Waals surface area contributed by atoms with E-state index in [2.05, 4.69) is 19.7 Å². The highest BCUT2D eigenvalue weighted by Gasteiger charge is 2.29. The molecule has 1 saturated heterocycles. The van der Waals surface area contributed by atoms with E-state index in [1.54, 1.807) is 30.8 Å². The Morgan fingerprint density at radius 3 is 2.55 bits per heavy atom. The lowest BCUT2D eigenvalue weighted by atomic mass is 10.1. The number of halogens is 2. The molecule has 13 heteroatoms. The van der Waals surface area contributed by atoms with Gasteiger partial charge in [-0.2, -0.15) is 5.10 Å². The number of amides is 2. The van der Waals surface area contributed by atoms with Crippen LogP contribution >= 0.6 is 23.2 Å². The van der Waals surface area contributed by atoms with Crippen molar-refractivity contribution in [2.24, 2.45) is 5.73 Å². The Morgan fingerprint density at radius 1 is 1.16 bits per heavy atom. The van der Waals surface area contributed by atoms with Crippen molar-refractivity contribution in [3.63, 3.8) is 0 Å². The number of anilines is 1. The quantitative estimate of drug-likeness (QED) is 0.357. The number of carbonyl (C=O) groups is 3. The number of piperazine rings is 1. The second-order valence-corrected chi connectivity index (χ2v) is 9.53. The molecular formula is C25H26Cl2N6O5. The zero-order valence-electron chi connectivity index (χ0n) is 21.0. The molecule has 1 atom stereocenters. The van der Waals surface area contributed by atoms with Gasteiger partial charge in [0.05, 0.1) is 22.8 Å². The number of primary amides is 1. The molecule has 4 rings (SSSR count). The smallest absolute Gasteiger partial charge is 0.412 e. The van der Waals surface area contributed by atoms with Gasteiger partial charge in [0, 0.05) is 49.2 Å². The maximum atomic E-state index is 13.2. The number of rotatable bonds is 6. The van der Waals surface area contributed by atoms with Crippen molar-refractivity contribution < 1.29 is 23.9 Å². The fourth-order valence-electron chi connectivity index (χ4n) is 4.29. The van der Waals surface area contributed by atoms with Gasteiger partial charge in [-0.3, -0.25) is 9.48 Å². The summed E-state index contributed by atoms with van der Waals surface area (Å²) in [4.78, 5) is 43.8. The molecule has 3 heterocycles. The van der Waals surface area contributed by atoms with Crippen molar-refractivity contribution in [2.75, 3.05) is 31.6 Å². The van der Waals surface area contributed by atoms with Crippen LogP contribution in [0.4, 0.5) is 10.5 Å². The Balaban J connectivity index is 1.44. The molecule has 11 nitrogen and oxygen atoms in total. The zero-order chi connectivity index (χ0) is 27.6. The van der Waals surface area contributed by atoms with E-state index >= 15 is 0 Å². The van der Waals surface area contributed by atoms with Crippen LogP contribution in [0, 0.1) is 6.92 Å². The van der Waals surface area contributed by atoms with Crippen molar-refractivity contribution >= 4 is 46.9 Å². The van der Waals surface area contributed by atoms with Crippen LogP contribution in [0.25, 0.3) is 11.3 Å². The van der Waals surface area contributed by atoms with Crippen molar-refractivity contribution in [1.29, 1.82) is 0 Å². The minimum Gasteiger partial charge on any atom is -0.495 e. The molecule has 0 spiro atoms. The maximum absolute atomic E-state index is 13.2. The van der Waals surface area contributed by atoms with Gasteiger partial charge in [0.1, 0.15) is 23.7 Å². The third-order valence-corrected chi connectivity index (χ3v) is 7.07. The van der Waals surface area contributed by atoms with E-state index in [-0.39, 0.29) is 24.2 Å². The van der Waals surface area contributed by atoms with Crippen LogP contribution in [-0.4, -0.2) is 70.4 Å². The highest BCUT2D eigenvalue weighted by molar-refractivity contribution is 6.33. The van der Waals surface area contributed by atoms with Crippen LogP contribution in [0.15, 0.2) is 36.5 Å². The summed E-state index contributed by atoms with van der Waals surface area (Å²) in [6.07, 6.45) is 0.161. The number of hydrogen-bond acceptors (Lipinski definition) is 8. The van der Waals surface area contributed by atoms with Gasteiger partial charge in [0.25, 0.3) is 0 Å². The Morgan fingerprint density at radius 2 is 1.92 bits per heavy atom. The Bertz CT molecular complexity index is 1380. The SMILES string of the molecule is COc1cc(N2CCN(C(=O)Cn3nc(-c4ccc(C(=O)OC(N)=O)nc4)c(Cl)c3C)C(C)C2)ccc1Cl. The van der Waals surface area contributed by atoms with Gasteiger partial charge in [-0.15, -0.1) is 0 Å². The van der Waals surface area contributed by atoms with Crippen LogP contribution in [0.3, 0.4) is 0 Å². The molecule has 0 saturated carbocycles. The first-order valence-corrected chi connectivity index (χ1v) is 12.4. The summed E-state index contributed by atoms with van der Waals surface area (Å²) in [5.41, 5.74) is 7.30. The van der Waals surface area contributed by atoms with Crippen LogP contribution in [-0.2, 0) is 16.1 Å². The topological polar surface area (TPSA) is 133 Å². The van der Waals surface area contributed by atoms with Crippen molar-refractivity contribution in [3.05, 3.63) is 58.0 Å². The number of ether oxygens (including phenoxy) is 2. The largest absolute Gasteiger partial charge is 0.495 e. The Hall–Kier alpha value is -3.83. The van der Waals surface area contributed by atoms with Crippen molar-refractivity contribution in [2.45, 2.75) is 26.4 Å². The van der Waals surface area contributed by atoms with Crippen molar-refractivity contribution in [3.8, 4) is 17.0 Å².